The van der Waals surface area contributed by atoms with E-state index in [1.165, 1.54) is 12.1 Å². The van der Waals surface area contributed by atoms with Crippen molar-refractivity contribution >= 4 is 29.3 Å². The van der Waals surface area contributed by atoms with Crippen LogP contribution < -0.4 is 5.32 Å². The molecule has 2 N–H and O–H groups in total. The highest BCUT2D eigenvalue weighted by Crippen LogP contribution is 2.28. The Balaban J connectivity index is 2.32. The maximum Gasteiger partial charge on any atom is 0.284 e. The Labute approximate surface area is 120 Å². The fraction of sp³-hybridized carbons (Fsp3) is 0.308. The first-order valence-corrected chi connectivity index (χ1v) is 6.61. The quantitative estimate of drug-likeness (QED) is 0.284. The highest BCUT2D eigenvalue weighted by Gasteiger charge is 2.42. The molecule has 7 heteroatoms. The standard InChI is InChI=1S/C13H13ClN2O4/c14-6-3-7-15-11(17)10-8-4-1-2-5-9(8)12(18)16(20)13(10)19/h1-2,4-5,10,20H,3,6-7H2,(H,15,17). The third kappa shape index (κ3) is 2.52. The van der Waals surface area contributed by atoms with Gasteiger partial charge in [-0.1, -0.05) is 18.2 Å². The average Bonchev–Trinajstić information content (AvgIpc) is 2.45. The molecule has 1 atom stereocenters. The zero-order valence-corrected chi connectivity index (χ0v) is 11.3. The van der Waals surface area contributed by atoms with Gasteiger partial charge in [0.25, 0.3) is 11.8 Å². The maximum atomic E-state index is 12.1. The molecule has 1 aromatic rings. The van der Waals surface area contributed by atoms with Crippen molar-refractivity contribution in [2.45, 2.75) is 12.3 Å². The van der Waals surface area contributed by atoms with Crippen molar-refractivity contribution in [1.29, 1.82) is 0 Å². The van der Waals surface area contributed by atoms with Crippen molar-refractivity contribution in [3.8, 4) is 0 Å². The van der Waals surface area contributed by atoms with E-state index in [0.29, 0.717) is 24.4 Å². The topological polar surface area (TPSA) is 86.7 Å². The van der Waals surface area contributed by atoms with E-state index < -0.39 is 23.6 Å². The molecule has 106 valence electrons. The van der Waals surface area contributed by atoms with Crippen LogP contribution in [0.5, 0.6) is 0 Å². The number of carbonyl (C=O) groups is 3. The van der Waals surface area contributed by atoms with Crippen LogP contribution >= 0.6 is 11.6 Å². The lowest BCUT2D eigenvalue weighted by molar-refractivity contribution is -0.158. The first-order chi connectivity index (χ1) is 9.57. The molecule has 1 heterocycles. The maximum absolute atomic E-state index is 12.1. The Hall–Kier alpha value is -1.92. The number of carbonyl (C=O) groups excluding carboxylic acids is 3. The number of halogens is 1. The molecule has 0 bridgehead atoms. The largest absolute Gasteiger partial charge is 0.355 e. The van der Waals surface area contributed by atoms with Crippen LogP contribution in [0.1, 0.15) is 28.3 Å². The molecular formula is C13H13ClN2O4. The van der Waals surface area contributed by atoms with Gasteiger partial charge in [0.1, 0.15) is 5.92 Å². The Morgan fingerprint density at radius 3 is 2.75 bits per heavy atom. The van der Waals surface area contributed by atoms with E-state index in [9.17, 15) is 19.6 Å². The molecule has 1 aliphatic heterocycles. The third-order valence-electron chi connectivity index (χ3n) is 3.02. The minimum Gasteiger partial charge on any atom is -0.355 e. The summed E-state index contributed by atoms with van der Waals surface area (Å²) in [5.41, 5.74) is 0.447. The van der Waals surface area contributed by atoms with E-state index in [1.807, 2.05) is 0 Å². The molecule has 1 unspecified atom stereocenters. The summed E-state index contributed by atoms with van der Waals surface area (Å²) >= 11 is 5.51. The van der Waals surface area contributed by atoms with Gasteiger partial charge in [-0.05, 0) is 18.1 Å². The number of hydroxylamine groups is 2. The van der Waals surface area contributed by atoms with Crippen molar-refractivity contribution in [3.05, 3.63) is 35.4 Å². The van der Waals surface area contributed by atoms with Gasteiger partial charge in [0, 0.05) is 18.0 Å². The molecule has 0 saturated heterocycles. The highest BCUT2D eigenvalue weighted by molar-refractivity contribution is 6.18. The van der Waals surface area contributed by atoms with Crippen molar-refractivity contribution in [3.63, 3.8) is 0 Å². The molecular weight excluding hydrogens is 284 g/mol. The summed E-state index contributed by atoms with van der Waals surface area (Å²) in [5.74, 6) is -3.16. The molecule has 0 fully saturated rings. The molecule has 1 aliphatic rings. The van der Waals surface area contributed by atoms with E-state index >= 15 is 0 Å². The van der Waals surface area contributed by atoms with E-state index in [-0.39, 0.29) is 10.6 Å². The number of rotatable bonds is 4. The van der Waals surface area contributed by atoms with Crippen molar-refractivity contribution in [1.82, 2.24) is 10.4 Å². The summed E-state index contributed by atoms with van der Waals surface area (Å²) in [6, 6.07) is 6.23. The van der Waals surface area contributed by atoms with Crippen LogP contribution in [0.2, 0.25) is 0 Å². The van der Waals surface area contributed by atoms with Gasteiger partial charge in [0.05, 0.1) is 0 Å². The number of nitrogens with one attached hydrogen (secondary N) is 1. The Morgan fingerprint density at radius 2 is 2.05 bits per heavy atom. The smallest absolute Gasteiger partial charge is 0.284 e. The summed E-state index contributed by atoms with van der Waals surface area (Å²) in [5, 5.41) is 12.1. The second-order valence-electron chi connectivity index (χ2n) is 4.31. The number of nitrogens with zero attached hydrogens (tertiary/aromatic N) is 1. The number of hydrogen-bond donors (Lipinski definition) is 2. The zero-order valence-electron chi connectivity index (χ0n) is 10.5. The zero-order chi connectivity index (χ0) is 14.7. The van der Waals surface area contributed by atoms with Crippen molar-refractivity contribution in [2.24, 2.45) is 0 Å². The number of hydrogen-bond acceptors (Lipinski definition) is 4. The number of benzene rings is 1. The van der Waals surface area contributed by atoms with Crippen LogP contribution in [0.4, 0.5) is 0 Å². The van der Waals surface area contributed by atoms with Crippen LogP contribution in [0, 0.1) is 0 Å². The Bertz CT molecular complexity index is 561. The SMILES string of the molecule is O=C(NCCCCl)C1C(=O)N(O)C(=O)c2ccccc21. The lowest BCUT2D eigenvalue weighted by Gasteiger charge is -2.27. The predicted octanol–water partition coefficient (Wildman–Crippen LogP) is 0.887. The molecule has 0 aliphatic carbocycles. The van der Waals surface area contributed by atoms with Crippen LogP contribution in [0.25, 0.3) is 0 Å². The minimum atomic E-state index is -1.22. The fourth-order valence-corrected chi connectivity index (χ4v) is 2.18. The van der Waals surface area contributed by atoms with E-state index in [4.69, 9.17) is 11.6 Å². The molecule has 0 aromatic heterocycles. The third-order valence-corrected chi connectivity index (χ3v) is 3.29. The Kier molecular flexibility index (Phi) is 4.36. The Morgan fingerprint density at radius 1 is 1.35 bits per heavy atom. The van der Waals surface area contributed by atoms with Crippen LogP contribution in [-0.2, 0) is 9.59 Å². The highest BCUT2D eigenvalue weighted by atomic mass is 35.5. The van der Waals surface area contributed by atoms with Gasteiger partial charge in [-0.2, -0.15) is 5.06 Å². The van der Waals surface area contributed by atoms with Gasteiger partial charge in [0.2, 0.25) is 5.91 Å². The van der Waals surface area contributed by atoms with Crippen LogP contribution in [0.15, 0.2) is 24.3 Å². The van der Waals surface area contributed by atoms with Gasteiger partial charge in [-0.3, -0.25) is 19.6 Å². The van der Waals surface area contributed by atoms with Gasteiger partial charge in [-0.15, -0.1) is 11.6 Å². The minimum absolute atomic E-state index is 0.00582. The molecule has 1 aromatic carbocycles. The first-order valence-electron chi connectivity index (χ1n) is 6.07. The lowest BCUT2D eigenvalue weighted by Crippen LogP contribution is -2.48. The molecule has 20 heavy (non-hydrogen) atoms. The second-order valence-corrected chi connectivity index (χ2v) is 4.69. The summed E-state index contributed by atoms with van der Waals surface area (Å²) in [7, 11) is 0. The van der Waals surface area contributed by atoms with Crippen molar-refractivity contribution in [2.75, 3.05) is 12.4 Å². The molecule has 3 amide bonds. The second kappa shape index (κ2) is 6.02. The van der Waals surface area contributed by atoms with Gasteiger partial charge in [0.15, 0.2) is 0 Å². The monoisotopic (exact) mass is 296 g/mol. The number of fused-ring (bicyclic) bond motifs is 1. The van der Waals surface area contributed by atoms with Gasteiger partial charge in [-0.25, -0.2) is 0 Å². The molecule has 2 rings (SSSR count). The predicted molar refractivity (Wildman–Crippen MR) is 70.5 cm³/mol. The van der Waals surface area contributed by atoms with Gasteiger partial charge >= 0.3 is 0 Å². The van der Waals surface area contributed by atoms with Crippen molar-refractivity contribution < 1.29 is 19.6 Å². The van der Waals surface area contributed by atoms with E-state index in [1.54, 1.807) is 12.1 Å². The summed E-state index contributed by atoms with van der Waals surface area (Å²) in [6.07, 6.45) is 0.567. The molecule has 6 nitrogen and oxygen atoms in total. The van der Waals surface area contributed by atoms with E-state index in [0.717, 1.165) is 0 Å². The number of imide groups is 1. The lowest BCUT2D eigenvalue weighted by atomic mass is 9.88. The first kappa shape index (κ1) is 14.5. The van der Waals surface area contributed by atoms with Crippen LogP contribution in [-0.4, -0.2) is 40.4 Å². The fourth-order valence-electron chi connectivity index (χ4n) is 2.05. The van der Waals surface area contributed by atoms with Gasteiger partial charge < -0.3 is 5.32 Å². The number of alkyl halides is 1. The molecule has 0 spiro atoms. The van der Waals surface area contributed by atoms with Crippen LogP contribution in [0.3, 0.4) is 0 Å². The summed E-state index contributed by atoms with van der Waals surface area (Å²) in [6.45, 7) is 0.327. The summed E-state index contributed by atoms with van der Waals surface area (Å²) in [4.78, 5) is 35.8. The normalized spacial score (nSPS) is 17.9. The van der Waals surface area contributed by atoms with E-state index in [2.05, 4.69) is 5.32 Å². The summed E-state index contributed by atoms with van der Waals surface area (Å²) < 4.78 is 0. The number of amides is 3. The molecule has 0 radical (unpaired) electrons. The average molecular weight is 297 g/mol. The molecule has 0 saturated carbocycles.